The van der Waals surface area contributed by atoms with Gasteiger partial charge in [-0.15, -0.1) is 0 Å². The number of hydrogen-bond donors (Lipinski definition) is 1. The zero-order valence-electron chi connectivity index (χ0n) is 19.0. The number of allylic oxidation sites excluding steroid dienone is 5. The van der Waals surface area contributed by atoms with Gasteiger partial charge in [-0.1, -0.05) is 56.3 Å². The van der Waals surface area contributed by atoms with Crippen molar-refractivity contribution in [1.29, 1.82) is 5.26 Å². The Hall–Kier alpha value is -4.11. The summed E-state index contributed by atoms with van der Waals surface area (Å²) in [6.07, 6.45) is 5.33. The summed E-state index contributed by atoms with van der Waals surface area (Å²) >= 11 is 0. The highest BCUT2D eigenvalue weighted by molar-refractivity contribution is 5.91. The van der Waals surface area contributed by atoms with Crippen molar-refractivity contribution in [3.05, 3.63) is 89.5 Å². The standard InChI is InChI=1S/C24H21N3O3.C2H6/c1-15(2)18(10-9-16(3)30-4)19-7-5-6-8-20(19)23-21(14-25)27-12-11-17(24(28)29)13-22(27)26-23;1-2/h5-13H,1H2,2-4H3,(H,28,29);1-2H3/b16-9+,18-10+;. The van der Waals surface area contributed by atoms with E-state index in [9.17, 15) is 15.2 Å². The number of carboxylic acids is 1. The number of fused-ring (bicyclic) bond motifs is 1. The molecule has 0 unspecified atom stereocenters. The first-order chi connectivity index (χ1) is 15.4. The normalized spacial score (nSPS) is 11.4. The van der Waals surface area contributed by atoms with Crippen LogP contribution in [0.3, 0.4) is 0 Å². The van der Waals surface area contributed by atoms with Gasteiger partial charge in [-0.05, 0) is 43.2 Å². The molecule has 0 bridgehead atoms. The summed E-state index contributed by atoms with van der Waals surface area (Å²) in [6, 6.07) is 12.7. The van der Waals surface area contributed by atoms with E-state index in [0.717, 1.165) is 28.0 Å². The predicted octanol–water partition coefficient (Wildman–Crippen LogP) is 6.11. The summed E-state index contributed by atoms with van der Waals surface area (Å²) in [6.45, 7) is 11.9. The molecule has 0 fully saturated rings. The Kier molecular flexibility index (Phi) is 8.14. The van der Waals surface area contributed by atoms with Crippen LogP contribution in [0.25, 0.3) is 22.5 Å². The van der Waals surface area contributed by atoms with Crippen LogP contribution in [0, 0.1) is 11.3 Å². The molecule has 6 nitrogen and oxygen atoms in total. The second-order valence-electron chi connectivity index (χ2n) is 6.76. The zero-order chi connectivity index (χ0) is 23.8. The maximum absolute atomic E-state index is 11.3. The second kappa shape index (κ2) is 10.8. The van der Waals surface area contributed by atoms with Crippen molar-refractivity contribution in [1.82, 2.24) is 9.38 Å². The van der Waals surface area contributed by atoms with Gasteiger partial charge in [0.25, 0.3) is 0 Å². The fourth-order valence-corrected chi connectivity index (χ4v) is 3.13. The number of nitriles is 1. The predicted molar refractivity (Wildman–Crippen MR) is 127 cm³/mol. The molecule has 0 aliphatic rings. The molecule has 0 saturated heterocycles. The molecule has 3 aromatic rings. The van der Waals surface area contributed by atoms with Crippen LogP contribution in [0.2, 0.25) is 0 Å². The number of aromatic nitrogens is 2. The monoisotopic (exact) mass is 429 g/mol. The Morgan fingerprint density at radius 2 is 1.91 bits per heavy atom. The molecule has 1 N–H and O–H groups in total. The number of methoxy groups -OCH3 is 1. The third kappa shape index (κ3) is 4.96. The van der Waals surface area contributed by atoms with E-state index in [1.54, 1.807) is 17.7 Å². The summed E-state index contributed by atoms with van der Waals surface area (Å²) in [5.41, 5.74) is 4.67. The highest BCUT2D eigenvalue weighted by Gasteiger charge is 2.19. The van der Waals surface area contributed by atoms with Gasteiger partial charge in [0.2, 0.25) is 0 Å². The van der Waals surface area contributed by atoms with Crippen molar-refractivity contribution in [3.8, 4) is 17.3 Å². The number of imidazole rings is 1. The molecule has 0 amide bonds. The molecule has 164 valence electrons. The third-order valence-corrected chi connectivity index (χ3v) is 4.72. The SMILES string of the molecule is C=C(C)/C(=C\C=C(/C)OC)c1ccccc1-c1nc2cc(C(=O)O)ccn2c1C#N.CC. The molecule has 32 heavy (non-hydrogen) atoms. The van der Waals surface area contributed by atoms with Gasteiger partial charge in [-0.2, -0.15) is 5.26 Å². The molecule has 3 rings (SSSR count). The first-order valence-electron chi connectivity index (χ1n) is 10.2. The van der Waals surface area contributed by atoms with Gasteiger partial charge in [-0.25, -0.2) is 9.78 Å². The van der Waals surface area contributed by atoms with Crippen molar-refractivity contribution >= 4 is 17.2 Å². The number of aromatic carboxylic acids is 1. The zero-order valence-corrected chi connectivity index (χ0v) is 19.0. The minimum atomic E-state index is -1.05. The molecule has 0 aliphatic carbocycles. The first kappa shape index (κ1) is 24.2. The van der Waals surface area contributed by atoms with E-state index in [4.69, 9.17) is 4.74 Å². The lowest BCUT2D eigenvalue weighted by Gasteiger charge is -2.12. The van der Waals surface area contributed by atoms with E-state index in [2.05, 4.69) is 17.6 Å². The minimum absolute atomic E-state index is 0.111. The van der Waals surface area contributed by atoms with Crippen LogP contribution in [0.1, 0.15) is 49.3 Å². The Balaban J connectivity index is 0.00000176. The Bertz CT molecular complexity index is 1260. The van der Waals surface area contributed by atoms with Crippen LogP contribution < -0.4 is 0 Å². The Labute approximate surface area is 188 Å². The molecular formula is C26H27N3O3. The highest BCUT2D eigenvalue weighted by atomic mass is 16.5. The third-order valence-electron chi connectivity index (χ3n) is 4.72. The lowest BCUT2D eigenvalue weighted by molar-refractivity contribution is 0.0697. The fraction of sp³-hybridized carbons (Fsp3) is 0.192. The largest absolute Gasteiger partial charge is 0.501 e. The molecule has 0 spiro atoms. The highest BCUT2D eigenvalue weighted by Crippen LogP contribution is 2.34. The van der Waals surface area contributed by atoms with Crippen LogP contribution in [-0.2, 0) is 4.74 Å². The lowest BCUT2D eigenvalue weighted by Crippen LogP contribution is -1.98. The smallest absolute Gasteiger partial charge is 0.335 e. The minimum Gasteiger partial charge on any atom is -0.501 e. The summed E-state index contributed by atoms with van der Waals surface area (Å²) in [7, 11) is 1.61. The molecule has 0 atom stereocenters. The molecule has 0 aliphatic heterocycles. The quantitative estimate of drug-likeness (QED) is 0.377. The molecule has 2 aromatic heterocycles. The summed E-state index contributed by atoms with van der Waals surface area (Å²) in [5, 5.41) is 19.1. The van der Waals surface area contributed by atoms with E-state index in [1.165, 1.54) is 12.1 Å². The van der Waals surface area contributed by atoms with E-state index in [0.29, 0.717) is 17.0 Å². The molecule has 1 aromatic carbocycles. The van der Waals surface area contributed by atoms with E-state index in [-0.39, 0.29) is 5.56 Å². The Morgan fingerprint density at radius 3 is 2.50 bits per heavy atom. The lowest BCUT2D eigenvalue weighted by atomic mass is 9.92. The maximum Gasteiger partial charge on any atom is 0.335 e. The molecular weight excluding hydrogens is 402 g/mol. The van der Waals surface area contributed by atoms with Gasteiger partial charge in [0.05, 0.1) is 18.4 Å². The number of hydrogen-bond acceptors (Lipinski definition) is 4. The fourth-order valence-electron chi connectivity index (χ4n) is 3.13. The number of benzene rings is 1. The van der Waals surface area contributed by atoms with E-state index in [1.807, 2.05) is 64.1 Å². The average Bonchev–Trinajstić information content (AvgIpc) is 3.18. The Morgan fingerprint density at radius 1 is 1.22 bits per heavy atom. The van der Waals surface area contributed by atoms with Crippen molar-refractivity contribution < 1.29 is 14.6 Å². The van der Waals surface area contributed by atoms with E-state index >= 15 is 0 Å². The molecule has 6 heteroatoms. The first-order valence-corrected chi connectivity index (χ1v) is 10.2. The van der Waals surface area contributed by atoms with Crippen LogP contribution in [0.5, 0.6) is 0 Å². The summed E-state index contributed by atoms with van der Waals surface area (Å²) < 4.78 is 6.81. The van der Waals surface area contributed by atoms with Gasteiger partial charge in [0, 0.05) is 11.8 Å². The van der Waals surface area contributed by atoms with Crippen LogP contribution >= 0.6 is 0 Å². The van der Waals surface area contributed by atoms with E-state index < -0.39 is 5.97 Å². The van der Waals surface area contributed by atoms with Gasteiger partial charge in [0.15, 0.2) is 5.69 Å². The number of pyridine rings is 1. The summed E-state index contributed by atoms with van der Waals surface area (Å²) in [5.74, 6) is -0.299. The van der Waals surface area contributed by atoms with Crippen molar-refractivity contribution in [2.24, 2.45) is 0 Å². The number of nitrogens with zero attached hydrogens (tertiary/aromatic N) is 3. The molecule has 0 radical (unpaired) electrons. The van der Waals surface area contributed by atoms with Crippen molar-refractivity contribution in [2.75, 3.05) is 7.11 Å². The van der Waals surface area contributed by atoms with Gasteiger partial charge >= 0.3 is 5.97 Å². The molecule has 2 heterocycles. The van der Waals surface area contributed by atoms with Crippen molar-refractivity contribution in [2.45, 2.75) is 27.7 Å². The van der Waals surface area contributed by atoms with Crippen LogP contribution in [0.15, 0.2) is 72.7 Å². The number of rotatable bonds is 6. The number of ether oxygens (including phenoxy) is 1. The van der Waals surface area contributed by atoms with Gasteiger partial charge in [0.1, 0.15) is 17.4 Å². The van der Waals surface area contributed by atoms with Gasteiger partial charge < -0.3 is 9.84 Å². The number of carbonyl (C=O) groups is 1. The average molecular weight is 430 g/mol. The number of carboxylic acid groups (broad SMARTS) is 1. The van der Waals surface area contributed by atoms with Crippen LogP contribution in [0.4, 0.5) is 0 Å². The topological polar surface area (TPSA) is 87.6 Å². The second-order valence-corrected chi connectivity index (χ2v) is 6.76. The molecule has 0 saturated carbocycles. The maximum atomic E-state index is 11.3. The van der Waals surface area contributed by atoms with Crippen molar-refractivity contribution in [3.63, 3.8) is 0 Å². The van der Waals surface area contributed by atoms with Crippen LogP contribution in [-0.4, -0.2) is 27.6 Å². The summed E-state index contributed by atoms with van der Waals surface area (Å²) in [4.78, 5) is 15.9. The van der Waals surface area contributed by atoms with Gasteiger partial charge in [-0.3, -0.25) is 4.40 Å².